The van der Waals surface area contributed by atoms with Gasteiger partial charge in [0.1, 0.15) is 0 Å². The number of anilines is 1. The maximum absolute atomic E-state index is 11.8. The third-order valence-corrected chi connectivity index (χ3v) is 5.33. The molecular weight excluding hydrogens is 280 g/mol. The summed E-state index contributed by atoms with van der Waals surface area (Å²) in [5.74, 6) is 0.287. The Morgan fingerprint density at radius 2 is 2.18 bits per heavy atom. The summed E-state index contributed by atoms with van der Waals surface area (Å²) >= 11 is 6.97. The maximum Gasteiger partial charge on any atom is 0.234 e. The first-order valence-electron chi connectivity index (χ1n) is 5.40. The van der Waals surface area contributed by atoms with Gasteiger partial charge >= 0.3 is 0 Å². The third kappa shape index (κ3) is 4.44. The summed E-state index contributed by atoms with van der Waals surface area (Å²) in [6.07, 6.45) is 0.808. The Bertz CT molecular complexity index is 471. The van der Waals surface area contributed by atoms with E-state index in [2.05, 4.69) is 9.71 Å². The molecule has 1 aromatic rings. The molecule has 17 heavy (non-hydrogen) atoms. The molecule has 0 aliphatic carbocycles. The van der Waals surface area contributed by atoms with Crippen LogP contribution >= 0.6 is 22.9 Å². The highest BCUT2D eigenvalue weighted by Gasteiger charge is 2.17. The summed E-state index contributed by atoms with van der Waals surface area (Å²) in [7, 11) is -3.34. The van der Waals surface area contributed by atoms with Crippen LogP contribution < -0.4 is 4.72 Å². The Labute approximate surface area is 111 Å². The van der Waals surface area contributed by atoms with Gasteiger partial charge in [-0.05, 0) is 19.3 Å². The van der Waals surface area contributed by atoms with Crippen LogP contribution in [0.15, 0.2) is 0 Å². The summed E-state index contributed by atoms with van der Waals surface area (Å²) in [6.45, 7) is 5.74. The standard InChI is InChI=1S/C10H17ClN2O2S2/c1-4-9-8(3)16-10(12-9)13-17(14,15)6-7(2)5-11/h7H,4-6H2,1-3H3,(H,12,13). The smallest absolute Gasteiger partial charge is 0.234 e. The number of alkyl halides is 1. The van der Waals surface area contributed by atoms with Crippen LogP contribution in [0.2, 0.25) is 0 Å². The van der Waals surface area contributed by atoms with Crippen LogP contribution in [0.4, 0.5) is 5.13 Å². The maximum atomic E-state index is 11.8. The molecule has 0 saturated carbocycles. The minimum atomic E-state index is -3.34. The van der Waals surface area contributed by atoms with Crippen LogP contribution in [-0.2, 0) is 16.4 Å². The topological polar surface area (TPSA) is 59.1 Å². The Morgan fingerprint density at radius 3 is 2.65 bits per heavy atom. The van der Waals surface area contributed by atoms with Crippen molar-refractivity contribution in [2.75, 3.05) is 16.4 Å². The molecule has 0 aromatic carbocycles. The third-order valence-electron chi connectivity index (χ3n) is 2.24. The van der Waals surface area contributed by atoms with Crippen molar-refractivity contribution < 1.29 is 8.42 Å². The van der Waals surface area contributed by atoms with Crippen molar-refractivity contribution in [3.8, 4) is 0 Å². The second-order valence-electron chi connectivity index (χ2n) is 4.02. The fraction of sp³-hybridized carbons (Fsp3) is 0.700. The molecule has 1 aromatic heterocycles. The normalized spacial score (nSPS) is 13.6. The van der Waals surface area contributed by atoms with Crippen molar-refractivity contribution in [2.24, 2.45) is 5.92 Å². The van der Waals surface area contributed by atoms with Gasteiger partial charge in [0, 0.05) is 10.8 Å². The summed E-state index contributed by atoms with van der Waals surface area (Å²) in [5, 5.41) is 0.445. The van der Waals surface area contributed by atoms with Crippen LogP contribution in [0, 0.1) is 12.8 Å². The number of hydrogen-bond donors (Lipinski definition) is 1. The Hall–Kier alpha value is -0.330. The van der Waals surface area contributed by atoms with E-state index in [9.17, 15) is 8.42 Å². The lowest BCUT2D eigenvalue weighted by atomic mass is 10.3. The van der Waals surface area contributed by atoms with E-state index in [-0.39, 0.29) is 11.7 Å². The molecule has 4 nitrogen and oxygen atoms in total. The van der Waals surface area contributed by atoms with E-state index < -0.39 is 10.0 Å². The van der Waals surface area contributed by atoms with Crippen molar-refractivity contribution >= 4 is 38.1 Å². The first-order valence-corrected chi connectivity index (χ1v) is 8.41. The number of nitrogens with zero attached hydrogens (tertiary/aromatic N) is 1. The summed E-state index contributed by atoms with van der Waals surface area (Å²) in [6, 6.07) is 0. The molecule has 7 heteroatoms. The van der Waals surface area contributed by atoms with Gasteiger partial charge < -0.3 is 0 Å². The molecule has 1 rings (SSSR count). The lowest BCUT2D eigenvalue weighted by Gasteiger charge is -2.08. The predicted octanol–water partition coefficient (Wildman–Crippen LogP) is 2.63. The highest BCUT2D eigenvalue weighted by atomic mass is 35.5. The SMILES string of the molecule is CCc1nc(NS(=O)(=O)CC(C)CCl)sc1C. The van der Waals surface area contributed by atoms with Crippen LogP contribution in [0.1, 0.15) is 24.4 Å². The molecule has 1 unspecified atom stereocenters. The molecule has 98 valence electrons. The van der Waals surface area contributed by atoms with E-state index in [1.807, 2.05) is 13.8 Å². The molecule has 0 spiro atoms. The van der Waals surface area contributed by atoms with Crippen LogP contribution in [-0.4, -0.2) is 25.0 Å². The largest absolute Gasteiger partial charge is 0.259 e. The zero-order valence-electron chi connectivity index (χ0n) is 10.2. The fourth-order valence-electron chi connectivity index (χ4n) is 1.39. The highest BCUT2D eigenvalue weighted by Crippen LogP contribution is 2.23. The Kier molecular flexibility index (Phi) is 5.22. The minimum absolute atomic E-state index is 0.0244. The number of aryl methyl sites for hydroxylation is 2. The number of halogens is 1. The summed E-state index contributed by atoms with van der Waals surface area (Å²) in [5.41, 5.74) is 0.943. The van der Waals surface area contributed by atoms with Gasteiger partial charge in [-0.15, -0.1) is 22.9 Å². The highest BCUT2D eigenvalue weighted by molar-refractivity contribution is 7.92. The fourth-order valence-corrected chi connectivity index (χ4v) is 4.20. The molecule has 1 atom stereocenters. The molecule has 0 aliphatic rings. The molecular formula is C10H17ClN2O2S2. The van der Waals surface area contributed by atoms with Gasteiger partial charge in [0.2, 0.25) is 10.0 Å². The Balaban J connectivity index is 2.76. The zero-order chi connectivity index (χ0) is 13.1. The molecule has 0 aliphatic heterocycles. The first kappa shape index (κ1) is 14.7. The molecule has 0 amide bonds. The molecule has 0 saturated heterocycles. The molecule has 0 fully saturated rings. The first-order chi connectivity index (χ1) is 7.88. The van der Waals surface area contributed by atoms with Crippen LogP contribution in [0.5, 0.6) is 0 Å². The molecule has 0 radical (unpaired) electrons. The van der Waals surface area contributed by atoms with Gasteiger partial charge in [-0.3, -0.25) is 4.72 Å². The lowest BCUT2D eigenvalue weighted by Crippen LogP contribution is -2.22. The van der Waals surface area contributed by atoms with E-state index in [0.29, 0.717) is 11.0 Å². The molecule has 1 N–H and O–H groups in total. The monoisotopic (exact) mass is 296 g/mol. The molecule has 1 heterocycles. The zero-order valence-corrected chi connectivity index (χ0v) is 12.5. The summed E-state index contributed by atoms with van der Waals surface area (Å²) < 4.78 is 26.1. The van der Waals surface area contributed by atoms with E-state index in [1.165, 1.54) is 11.3 Å². The van der Waals surface area contributed by atoms with Crippen LogP contribution in [0.25, 0.3) is 0 Å². The van der Waals surface area contributed by atoms with Gasteiger partial charge in [0.15, 0.2) is 5.13 Å². The summed E-state index contributed by atoms with van der Waals surface area (Å²) in [4.78, 5) is 5.29. The van der Waals surface area contributed by atoms with Gasteiger partial charge in [0.25, 0.3) is 0 Å². The lowest BCUT2D eigenvalue weighted by molar-refractivity contribution is 0.588. The van der Waals surface area contributed by atoms with Gasteiger partial charge in [-0.1, -0.05) is 13.8 Å². The Morgan fingerprint density at radius 1 is 1.53 bits per heavy atom. The van der Waals surface area contributed by atoms with Crippen LogP contribution in [0.3, 0.4) is 0 Å². The van der Waals surface area contributed by atoms with Gasteiger partial charge in [-0.2, -0.15) is 0 Å². The average molecular weight is 297 g/mol. The van der Waals surface area contributed by atoms with Crippen molar-refractivity contribution in [2.45, 2.75) is 27.2 Å². The van der Waals surface area contributed by atoms with Crippen molar-refractivity contribution in [1.29, 1.82) is 0 Å². The van der Waals surface area contributed by atoms with Crippen molar-refractivity contribution in [1.82, 2.24) is 4.98 Å². The quantitative estimate of drug-likeness (QED) is 0.821. The van der Waals surface area contributed by atoms with Crippen molar-refractivity contribution in [3.05, 3.63) is 10.6 Å². The minimum Gasteiger partial charge on any atom is -0.259 e. The second-order valence-corrected chi connectivity index (χ2v) is 7.30. The van der Waals surface area contributed by atoms with Gasteiger partial charge in [-0.25, -0.2) is 13.4 Å². The number of rotatable bonds is 6. The van der Waals surface area contributed by atoms with E-state index in [0.717, 1.165) is 17.0 Å². The number of thiazole rings is 1. The van der Waals surface area contributed by atoms with Crippen molar-refractivity contribution in [3.63, 3.8) is 0 Å². The van der Waals surface area contributed by atoms with E-state index >= 15 is 0 Å². The van der Waals surface area contributed by atoms with E-state index in [1.54, 1.807) is 6.92 Å². The van der Waals surface area contributed by atoms with E-state index in [4.69, 9.17) is 11.6 Å². The van der Waals surface area contributed by atoms with Gasteiger partial charge in [0.05, 0.1) is 11.4 Å². The average Bonchev–Trinajstić information content (AvgIpc) is 2.56. The predicted molar refractivity (Wildman–Crippen MR) is 73.5 cm³/mol. The number of hydrogen-bond acceptors (Lipinski definition) is 4. The number of nitrogens with one attached hydrogen (secondary N) is 1. The molecule has 0 bridgehead atoms. The second kappa shape index (κ2) is 6.02. The number of sulfonamides is 1. The number of aromatic nitrogens is 1.